The van der Waals surface area contributed by atoms with Crippen molar-refractivity contribution in [2.24, 2.45) is 0 Å². The van der Waals surface area contributed by atoms with Gasteiger partial charge in [-0.3, -0.25) is 9.10 Å². The molecule has 0 atom stereocenters. The summed E-state index contributed by atoms with van der Waals surface area (Å²) >= 11 is 0. The van der Waals surface area contributed by atoms with E-state index in [9.17, 15) is 13.2 Å². The normalized spacial score (nSPS) is 12.3. The van der Waals surface area contributed by atoms with Crippen molar-refractivity contribution in [3.05, 3.63) is 77.9 Å². The molecule has 0 aromatic heterocycles. The highest BCUT2D eigenvalue weighted by Gasteiger charge is 2.21. The minimum absolute atomic E-state index is 0.196. The van der Waals surface area contributed by atoms with E-state index in [1.54, 1.807) is 66.7 Å². The van der Waals surface area contributed by atoms with Crippen LogP contribution in [0.3, 0.4) is 0 Å². The fourth-order valence-electron chi connectivity index (χ4n) is 3.23. The van der Waals surface area contributed by atoms with Gasteiger partial charge < -0.3 is 19.5 Å². The highest BCUT2D eigenvalue weighted by Crippen LogP contribution is 2.35. The molecule has 1 aliphatic rings. The number of anilines is 1. The Hall–Kier alpha value is -3.72. The third kappa shape index (κ3) is 5.04. The Labute approximate surface area is 192 Å². The molecule has 1 aliphatic heterocycles. The number of sulfonamides is 1. The molecule has 33 heavy (non-hydrogen) atoms. The van der Waals surface area contributed by atoms with Crippen LogP contribution in [0.1, 0.15) is 15.9 Å². The first kappa shape index (κ1) is 22.5. The third-order valence-electron chi connectivity index (χ3n) is 5.17. The lowest BCUT2D eigenvalue weighted by atomic mass is 10.2. The lowest BCUT2D eigenvalue weighted by Crippen LogP contribution is -2.28. The van der Waals surface area contributed by atoms with Crippen molar-refractivity contribution in [1.29, 1.82) is 0 Å². The smallest absolute Gasteiger partial charge is 0.264 e. The maximum Gasteiger partial charge on any atom is 0.264 e. The first-order chi connectivity index (χ1) is 15.8. The summed E-state index contributed by atoms with van der Waals surface area (Å²) in [5.41, 5.74) is 1.86. The zero-order chi connectivity index (χ0) is 23.4. The summed E-state index contributed by atoms with van der Waals surface area (Å²) in [6, 6.07) is 18.3. The van der Waals surface area contributed by atoms with Crippen LogP contribution in [0.5, 0.6) is 17.2 Å². The number of carbonyl (C=O) groups excluding carboxylic acids is 1. The van der Waals surface area contributed by atoms with E-state index in [4.69, 9.17) is 14.2 Å². The first-order valence-corrected chi connectivity index (χ1v) is 11.7. The van der Waals surface area contributed by atoms with Gasteiger partial charge in [0.2, 0.25) is 6.79 Å². The predicted octanol–water partition coefficient (Wildman–Crippen LogP) is 3.36. The number of nitrogens with one attached hydrogen (secondary N) is 1. The molecule has 3 aromatic rings. The van der Waals surface area contributed by atoms with E-state index >= 15 is 0 Å². The fourth-order valence-corrected chi connectivity index (χ4v) is 4.43. The standard InChI is InChI=1S/C24H24N2O6S/c1-17-3-10-21(11-4-17)33(28,29)26(2)19-7-5-18(6-8-19)24(27)25-13-14-30-20-9-12-22-23(15-20)32-16-31-22/h3-12,15H,13-14,16H2,1-2H3,(H,25,27). The number of rotatable bonds is 8. The summed E-state index contributed by atoms with van der Waals surface area (Å²) in [6.45, 7) is 2.67. The number of hydrogen-bond donors (Lipinski definition) is 1. The Morgan fingerprint density at radius 2 is 1.70 bits per heavy atom. The summed E-state index contributed by atoms with van der Waals surface area (Å²) in [6.07, 6.45) is 0. The lowest BCUT2D eigenvalue weighted by Gasteiger charge is -2.20. The molecule has 0 bridgehead atoms. The molecule has 9 heteroatoms. The van der Waals surface area contributed by atoms with Gasteiger partial charge in [-0.2, -0.15) is 0 Å². The molecule has 1 heterocycles. The average molecular weight is 469 g/mol. The molecule has 172 valence electrons. The van der Waals surface area contributed by atoms with E-state index in [1.165, 1.54) is 11.4 Å². The van der Waals surface area contributed by atoms with Crippen LogP contribution in [0.25, 0.3) is 0 Å². The summed E-state index contributed by atoms with van der Waals surface area (Å²) in [4.78, 5) is 12.6. The SMILES string of the molecule is Cc1ccc(S(=O)(=O)N(C)c2ccc(C(=O)NCCOc3ccc4c(c3)OCO4)cc2)cc1. The van der Waals surface area contributed by atoms with Crippen molar-refractivity contribution in [1.82, 2.24) is 5.32 Å². The first-order valence-electron chi connectivity index (χ1n) is 10.3. The summed E-state index contributed by atoms with van der Waals surface area (Å²) in [5.74, 6) is 1.65. The molecule has 1 N–H and O–H groups in total. The molecule has 4 rings (SSSR count). The summed E-state index contributed by atoms with van der Waals surface area (Å²) < 4.78 is 43.1. The molecule has 1 amide bonds. The second-order valence-corrected chi connectivity index (χ2v) is 9.42. The molecule has 0 unspecified atom stereocenters. The zero-order valence-corrected chi connectivity index (χ0v) is 19.1. The van der Waals surface area contributed by atoms with Crippen LogP contribution < -0.4 is 23.8 Å². The van der Waals surface area contributed by atoms with Gasteiger partial charge in [0.05, 0.1) is 17.1 Å². The monoisotopic (exact) mass is 468 g/mol. The Kier molecular flexibility index (Phi) is 6.41. The molecule has 0 aliphatic carbocycles. The Balaban J connectivity index is 1.31. The molecular weight excluding hydrogens is 444 g/mol. The van der Waals surface area contributed by atoms with Crippen LogP contribution >= 0.6 is 0 Å². The van der Waals surface area contributed by atoms with Crippen molar-refractivity contribution in [3.8, 4) is 17.2 Å². The number of fused-ring (bicyclic) bond motifs is 1. The fraction of sp³-hybridized carbons (Fsp3) is 0.208. The number of amides is 1. The van der Waals surface area contributed by atoms with E-state index in [2.05, 4.69) is 5.32 Å². The molecule has 0 saturated carbocycles. The quantitative estimate of drug-likeness (QED) is 0.510. The van der Waals surface area contributed by atoms with Gasteiger partial charge in [-0.15, -0.1) is 0 Å². The zero-order valence-electron chi connectivity index (χ0n) is 18.3. The van der Waals surface area contributed by atoms with Crippen molar-refractivity contribution in [3.63, 3.8) is 0 Å². The van der Waals surface area contributed by atoms with Gasteiger partial charge in [-0.1, -0.05) is 17.7 Å². The van der Waals surface area contributed by atoms with Crippen molar-refractivity contribution in [2.45, 2.75) is 11.8 Å². The number of ether oxygens (including phenoxy) is 3. The maximum absolute atomic E-state index is 12.8. The minimum atomic E-state index is -3.69. The highest BCUT2D eigenvalue weighted by atomic mass is 32.2. The van der Waals surface area contributed by atoms with Gasteiger partial charge in [0.15, 0.2) is 11.5 Å². The van der Waals surface area contributed by atoms with E-state index < -0.39 is 10.0 Å². The average Bonchev–Trinajstić information content (AvgIpc) is 3.29. The molecular formula is C24H24N2O6S. The lowest BCUT2D eigenvalue weighted by molar-refractivity contribution is 0.0947. The third-order valence-corrected chi connectivity index (χ3v) is 6.97. The molecule has 0 saturated heterocycles. The molecule has 0 fully saturated rings. The van der Waals surface area contributed by atoms with Crippen molar-refractivity contribution >= 4 is 21.6 Å². The van der Waals surface area contributed by atoms with Gasteiger partial charge in [0, 0.05) is 18.7 Å². The number of aryl methyl sites for hydroxylation is 1. The van der Waals surface area contributed by atoms with Gasteiger partial charge in [-0.25, -0.2) is 8.42 Å². The van der Waals surface area contributed by atoms with E-state index in [1.807, 2.05) is 6.92 Å². The van der Waals surface area contributed by atoms with Crippen LogP contribution in [0.15, 0.2) is 71.6 Å². The molecule has 0 radical (unpaired) electrons. The van der Waals surface area contributed by atoms with E-state index in [-0.39, 0.29) is 24.2 Å². The van der Waals surface area contributed by atoms with E-state index in [0.29, 0.717) is 35.0 Å². The van der Waals surface area contributed by atoms with Gasteiger partial charge in [-0.05, 0) is 55.5 Å². The highest BCUT2D eigenvalue weighted by molar-refractivity contribution is 7.92. The summed E-state index contributed by atoms with van der Waals surface area (Å²) in [7, 11) is -2.21. The Morgan fingerprint density at radius 1 is 1.00 bits per heavy atom. The second kappa shape index (κ2) is 9.41. The Bertz CT molecular complexity index is 1240. The second-order valence-electron chi connectivity index (χ2n) is 7.45. The molecule has 0 spiro atoms. The van der Waals surface area contributed by atoms with Crippen LogP contribution in [0.4, 0.5) is 5.69 Å². The molecule has 3 aromatic carbocycles. The minimum Gasteiger partial charge on any atom is -0.492 e. The van der Waals surface area contributed by atoms with Gasteiger partial charge in [0.1, 0.15) is 12.4 Å². The predicted molar refractivity (Wildman–Crippen MR) is 124 cm³/mol. The number of nitrogens with zero attached hydrogens (tertiary/aromatic N) is 1. The van der Waals surface area contributed by atoms with Gasteiger partial charge >= 0.3 is 0 Å². The van der Waals surface area contributed by atoms with Crippen LogP contribution in [-0.4, -0.2) is 41.3 Å². The van der Waals surface area contributed by atoms with Crippen LogP contribution in [0, 0.1) is 6.92 Å². The number of hydrogen-bond acceptors (Lipinski definition) is 6. The topological polar surface area (TPSA) is 94.2 Å². The van der Waals surface area contributed by atoms with Gasteiger partial charge in [0.25, 0.3) is 15.9 Å². The summed E-state index contributed by atoms with van der Waals surface area (Å²) in [5, 5.41) is 2.78. The Morgan fingerprint density at radius 3 is 2.42 bits per heavy atom. The molecule has 8 nitrogen and oxygen atoms in total. The largest absolute Gasteiger partial charge is 0.492 e. The van der Waals surface area contributed by atoms with Crippen LogP contribution in [0.2, 0.25) is 0 Å². The van der Waals surface area contributed by atoms with Crippen molar-refractivity contribution in [2.75, 3.05) is 31.3 Å². The van der Waals surface area contributed by atoms with Crippen molar-refractivity contribution < 1.29 is 27.4 Å². The number of benzene rings is 3. The maximum atomic E-state index is 12.8. The van der Waals surface area contributed by atoms with Crippen LogP contribution in [-0.2, 0) is 10.0 Å². The van der Waals surface area contributed by atoms with E-state index in [0.717, 1.165) is 5.56 Å². The number of carbonyl (C=O) groups is 1.